The molecule has 0 saturated heterocycles. The monoisotopic (exact) mass is 291 g/mol. The lowest BCUT2D eigenvalue weighted by molar-refractivity contribution is 0.0945. The molecule has 2 aromatic rings. The van der Waals surface area contributed by atoms with Gasteiger partial charge < -0.3 is 19.2 Å². The molecular weight excluding hydrogens is 274 g/mol. The Morgan fingerprint density at radius 1 is 1.29 bits per heavy atom. The highest BCUT2D eigenvalue weighted by atomic mass is 16.5. The highest BCUT2D eigenvalue weighted by Gasteiger charge is 2.13. The van der Waals surface area contributed by atoms with Gasteiger partial charge in [0.05, 0.1) is 7.11 Å². The topological polar surface area (TPSA) is 77.8 Å². The zero-order valence-electron chi connectivity index (χ0n) is 12.0. The standard InChI is InChI=1S/C15H17NO5/c1-19-7-3-6-16-14(17)12-9-10-8-11(20-2)4-5-13(10)21-15(12)18/h4-5,8-9H,3,6-7H2,1-2H3,(H,16,17). The van der Waals surface area contributed by atoms with Crippen LogP contribution in [0.15, 0.2) is 33.5 Å². The second kappa shape index (κ2) is 6.90. The first kappa shape index (κ1) is 15.1. The van der Waals surface area contributed by atoms with E-state index in [9.17, 15) is 9.59 Å². The predicted octanol–water partition coefficient (Wildman–Crippen LogP) is 1.57. The van der Waals surface area contributed by atoms with Crippen LogP contribution in [0.3, 0.4) is 0 Å². The number of hydrogen-bond donors (Lipinski definition) is 1. The Morgan fingerprint density at radius 2 is 2.10 bits per heavy atom. The third kappa shape index (κ3) is 3.61. The summed E-state index contributed by atoms with van der Waals surface area (Å²) in [6.07, 6.45) is 0.676. The van der Waals surface area contributed by atoms with E-state index in [0.717, 1.165) is 0 Å². The average Bonchev–Trinajstić information content (AvgIpc) is 2.50. The quantitative estimate of drug-likeness (QED) is 0.645. The van der Waals surface area contributed by atoms with Crippen LogP contribution in [-0.4, -0.2) is 33.3 Å². The lowest BCUT2D eigenvalue weighted by Crippen LogP contribution is -2.29. The highest BCUT2D eigenvalue weighted by Crippen LogP contribution is 2.20. The van der Waals surface area contributed by atoms with Gasteiger partial charge in [-0.1, -0.05) is 0 Å². The lowest BCUT2D eigenvalue weighted by atomic mass is 10.1. The zero-order chi connectivity index (χ0) is 15.2. The van der Waals surface area contributed by atoms with Crippen molar-refractivity contribution < 1.29 is 18.7 Å². The van der Waals surface area contributed by atoms with E-state index in [4.69, 9.17) is 13.9 Å². The van der Waals surface area contributed by atoms with E-state index in [0.29, 0.717) is 36.3 Å². The van der Waals surface area contributed by atoms with Gasteiger partial charge in [-0.2, -0.15) is 0 Å². The molecule has 1 amide bonds. The van der Waals surface area contributed by atoms with Crippen LogP contribution < -0.4 is 15.7 Å². The second-order valence-electron chi connectivity index (χ2n) is 4.45. The number of ether oxygens (including phenoxy) is 2. The van der Waals surface area contributed by atoms with Crippen LogP contribution in [-0.2, 0) is 4.74 Å². The van der Waals surface area contributed by atoms with Crippen molar-refractivity contribution in [1.82, 2.24) is 5.32 Å². The molecule has 0 unspecified atom stereocenters. The Kier molecular flexibility index (Phi) is 4.94. The molecule has 6 nitrogen and oxygen atoms in total. The number of carbonyl (C=O) groups excluding carboxylic acids is 1. The number of methoxy groups -OCH3 is 2. The number of hydrogen-bond acceptors (Lipinski definition) is 5. The molecule has 0 fully saturated rings. The Balaban J connectivity index is 2.24. The van der Waals surface area contributed by atoms with Gasteiger partial charge in [-0.05, 0) is 30.7 Å². The van der Waals surface area contributed by atoms with Crippen molar-refractivity contribution in [3.63, 3.8) is 0 Å². The number of benzene rings is 1. The van der Waals surface area contributed by atoms with Gasteiger partial charge in [0.2, 0.25) is 0 Å². The van der Waals surface area contributed by atoms with Crippen LogP contribution in [0.1, 0.15) is 16.8 Å². The van der Waals surface area contributed by atoms with E-state index in [1.165, 1.54) is 6.07 Å². The third-order valence-corrected chi connectivity index (χ3v) is 2.99. The van der Waals surface area contributed by atoms with Crippen LogP contribution in [0.25, 0.3) is 11.0 Å². The first-order chi connectivity index (χ1) is 10.2. The SMILES string of the molecule is COCCCNC(=O)c1cc2cc(OC)ccc2oc1=O. The van der Waals surface area contributed by atoms with E-state index < -0.39 is 11.5 Å². The minimum absolute atomic E-state index is 0.0202. The molecule has 1 heterocycles. The molecule has 0 aliphatic carbocycles. The number of rotatable bonds is 6. The molecule has 0 aliphatic heterocycles. The Labute approximate surface area is 121 Å². The molecule has 21 heavy (non-hydrogen) atoms. The molecule has 0 aliphatic rings. The van der Waals surface area contributed by atoms with Crippen molar-refractivity contribution in [3.05, 3.63) is 40.2 Å². The molecule has 2 rings (SSSR count). The molecule has 1 aromatic heterocycles. The average molecular weight is 291 g/mol. The van der Waals surface area contributed by atoms with Crippen molar-refractivity contribution in [2.45, 2.75) is 6.42 Å². The largest absolute Gasteiger partial charge is 0.497 e. The smallest absolute Gasteiger partial charge is 0.349 e. The summed E-state index contributed by atoms with van der Waals surface area (Å²) in [5, 5.41) is 3.29. The van der Waals surface area contributed by atoms with Gasteiger partial charge >= 0.3 is 5.63 Å². The van der Waals surface area contributed by atoms with Gasteiger partial charge in [-0.3, -0.25) is 4.79 Å². The molecule has 0 atom stereocenters. The van der Waals surface area contributed by atoms with Gasteiger partial charge in [-0.25, -0.2) is 4.79 Å². The fraction of sp³-hybridized carbons (Fsp3) is 0.333. The van der Waals surface area contributed by atoms with Crippen molar-refractivity contribution >= 4 is 16.9 Å². The van der Waals surface area contributed by atoms with Crippen LogP contribution in [0, 0.1) is 0 Å². The van der Waals surface area contributed by atoms with Crippen molar-refractivity contribution in [2.24, 2.45) is 0 Å². The molecule has 6 heteroatoms. The summed E-state index contributed by atoms with van der Waals surface area (Å²) in [6, 6.07) is 6.54. The number of carbonyl (C=O) groups is 1. The summed E-state index contributed by atoms with van der Waals surface area (Å²) in [5.74, 6) is 0.173. The fourth-order valence-corrected chi connectivity index (χ4v) is 1.90. The molecule has 112 valence electrons. The summed E-state index contributed by atoms with van der Waals surface area (Å²) in [4.78, 5) is 23.8. The van der Waals surface area contributed by atoms with Crippen molar-refractivity contribution in [2.75, 3.05) is 27.4 Å². The Hall–Kier alpha value is -2.34. The van der Waals surface area contributed by atoms with Gasteiger partial charge in [-0.15, -0.1) is 0 Å². The van der Waals surface area contributed by atoms with Crippen LogP contribution >= 0.6 is 0 Å². The normalized spacial score (nSPS) is 10.6. The molecular formula is C15H17NO5. The van der Waals surface area contributed by atoms with Crippen molar-refractivity contribution in [1.29, 1.82) is 0 Å². The highest BCUT2D eigenvalue weighted by molar-refractivity contribution is 5.96. The molecule has 0 saturated carbocycles. The van der Waals surface area contributed by atoms with E-state index in [1.54, 1.807) is 32.4 Å². The van der Waals surface area contributed by atoms with E-state index in [2.05, 4.69) is 5.32 Å². The minimum Gasteiger partial charge on any atom is -0.497 e. The molecule has 1 N–H and O–H groups in total. The van der Waals surface area contributed by atoms with Crippen LogP contribution in [0.5, 0.6) is 5.75 Å². The summed E-state index contributed by atoms with van der Waals surface area (Å²) >= 11 is 0. The summed E-state index contributed by atoms with van der Waals surface area (Å²) in [6.45, 7) is 0.978. The zero-order valence-corrected chi connectivity index (χ0v) is 12.0. The van der Waals surface area contributed by atoms with Gasteiger partial charge in [0.25, 0.3) is 5.91 Å². The summed E-state index contributed by atoms with van der Waals surface area (Å²) < 4.78 is 15.1. The lowest BCUT2D eigenvalue weighted by Gasteiger charge is -2.06. The number of nitrogens with one attached hydrogen (secondary N) is 1. The van der Waals surface area contributed by atoms with Gasteiger partial charge in [0.15, 0.2) is 0 Å². The van der Waals surface area contributed by atoms with Crippen LogP contribution in [0.4, 0.5) is 0 Å². The summed E-state index contributed by atoms with van der Waals surface area (Å²) in [5.41, 5.74) is -0.262. The van der Waals surface area contributed by atoms with Gasteiger partial charge in [0.1, 0.15) is 16.9 Å². The Bertz CT molecular complexity index is 692. The van der Waals surface area contributed by atoms with Crippen molar-refractivity contribution in [3.8, 4) is 5.75 Å². The third-order valence-electron chi connectivity index (χ3n) is 2.99. The molecule has 0 bridgehead atoms. The summed E-state index contributed by atoms with van der Waals surface area (Å²) in [7, 11) is 3.14. The Morgan fingerprint density at radius 3 is 2.81 bits per heavy atom. The molecule has 0 spiro atoms. The maximum absolute atomic E-state index is 12.0. The van der Waals surface area contributed by atoms with E-state index in [1.807, 2.05) is 0 Å². The first-order valence-electron chi connectivity index (χ1n) is 6.54. The minimum atomic E-state index is -0.656. The predicted molar refractivity (Wildman–Crippen MR) is 77.9 cm³/mol. The molecule has 1 aromatic carbocycles. The number of fused-ring (bicyclic) bond motifs is 1. The second-order valence-corrected chi connectivity index (χ2v) is 4.45. The first-order valence-corrected chi connectivity index (χ1v) is 6.54. The maximum Gasteiger partial charge on any atom is 0.349 e. The van der Waals surface area contributed by atoms with Gasteiger partial charge in [0, 0.05) is 25.6 Å². The molecule has 0 radical (unpaired) electrons. The fourth-order valence-electron chi connectivity index (χ4n) is 1.90. The number of amides is 1. The maximum atomic E-state index is 12.0. The van der Waals surface area contributed by atoms with E-state index in [-0.39, 0.29) is 5.56 Å². The van der Waals surface area contributed by atoms with E-state index >= 15 is 0 Å². The van der Waals surface area contributed by atoms with Crippen LogP contribution in [0.2, 0.25) is 0 Å².